The molecule has 5 heteroatoms. The van der Waals surface area contributed by atoms with E-state index in [9.17, 15) is 4.79 Å². The number of carbonyl (C=O) groups is 1. The second-order valence-corrected chi connectivity index (χ2v) is 3.83. The van der Waals surface area contributed by atoms with Crippen LogP contribution in [0.4, 0.5) is 0 Å². The monoisotopic (exact) mass is 239 g/mol. The van der Waals surface area contributed by atoms with Crippen LogP contribution in [0.1, 0.15) is 10.4 Å². The van der Waals surface area contributed by atoms with Gasteiger partial charge in [0.15, 0.2) is 5.65 Å². The minimum Gasteiger partial charge on any atom is -0.478 e. The summed E-state index contributed by atoms with van der Waals surface area (Å²) in [6.45, 7) is 0. The van der Waals surface area contributed by atoms with E-state index in [4.69, 9.17) is 5.11 Å². The predicted molar refractivity (Wildman–Crippen MR) is 65.4 cm³/mol. The van der Waals surface area contributed by atoms with Crippen LogP contribution in [0.15, 0.2) is 49.1 Å². The maximum atomic E-state index is 10.8. The first-order valence-corrected chi connectivity index (χ1v) is 5.36. The van der Waals surface area contributed by atoms with Crippen molar-refractivity contribution in [3.05, 3.63) is 54.6 Å². The standard InChI is InChI=1S/C13H9N3O2/c17-13(18)10-3-1-9(2-4-10)11-7-15-12-8-14-5-6-16(11)12/h1-8H,(H,17,18). The van der Waals surface area contributed by atoms with Crippen molar-refractivity contribution in [1.82, 2.24) is 14.4 Å². The van der Waals surface area contributed by atoms with Crippen molar-refractivity contribution in [2.24, 2.45) is 0 Å². The maximum absolute atomic E-state index is 10.8. The number of benzene rings is 1. The van der Waals surface area contributed by atoms with E-state index in [1.807, 2.05) is 10.6 Å². The van der Waals surface area contributed by atoms with Crippen molar-refractivity contribution in [3.63, 3.8) is 0 Å². The van der Waals surface area contributed by atoms with E-state index in [1.165, 1.54) is 0 Å². The minimum atomic E-state index is -0.927. The zero-order valence-electron chi connectivity index (χ0n) is 9.32. The molecule has 3 rings (SSSR count). The van der Waals surface area contributed by atoms with Gasteiger partial charge in [-0.1, -0.05) is 12.1 Å². The molecule has 0 spiro atoms. The van der Waals surface area contributed by atoms with Gasteiger partial charge in [0.1, 0.15) is 0 Å². The zero-order valence-corrected chi connectivity index (χ0v) is 9.32. The van der Waals surface area contributed by atoms with Crippen molar-refractivity contribution in [3.8, 4) is 11.3 Å². The van der Waals surface area contributed by atoms with Gasteiger partial charge in [0.2, 0.25) is 0 Å². The van der Waals surface area contributed by atoms with Crippen LogP contribution in [0.5, 0.6) is 0 Å². The van der Waals surface area contributed by atoms with Gasteiger partial charge in [0, 0.05) is 18.0 Å². The predicted octanol–water partition coefficient (Wildman–Crippen LogP) is 2.09. The lowest BCUT2D eigenvalue weighted by molar-refractivity contribution is 0.0697. The van der Waals surface area contributed by atoms with Gasteiger partial charge in [-0.2, -0.15) is 0 Å². The Morgan fingerprint density at radius 1 is 1.17 bits per heavy atom. The normalized spacial score (nSPS) is 10.7. The number of hydrogen-bond acceptors (Lipinski definition) is 3. The average Bonchev–Trinajstić information content (AvgIpc) is 2.82. The quantitative estimate of drug-likeness (QED) is 0.743. The smallest absolute Gasteiger partial charge is 0.335 e. The van der Waals surface area contributed by atoms with E-state index in [2.05, 4.69) is 9.97 Å². The third-order valence-corrected chi connectivity index (χ3v) is 2.74. The van der Waals surface area contributed by atoms with Crippen LogP contribution < -0.4 is 0 Å². The summed E-state index contributed by atoms with van der Waals surface area (Å²) in [5.41, 5.74) is 2.85. The lowest BCUT2D eigenvalue weighted by Crippen LogP contribution is -1.95. The number of rotatable bonds is 2. The number of aromatic carboxylic acids is 1. The van der Waals surface area contributed by atoms with Crippen LogP contribution in [0.3, 0.4) is 0 Å². The van der Waals surface area contributed by atoms with Crippen LogP contribution in [-0.2, 0) is 0 Å². The van der Waals surface area contributed by atoms with Gasteiger partial charge in [-0.15, -0.1) is 0 Å². The number of fused-ring (bicyclic) bond motifs is 1. The summed E-state index contributed by atoms with van der Waals surface area (Å²) in [6.07, 6.45) is 6.93. The van der Waals surface area contributed by atoms with Gasteiger partial charge in [0.25, 0.3) is 0 Å². The molecule has 88 valence electrons. The van der Waals surface area contributed by atoms with Crippen molar-refractivity contribution in [1.29, 1.82) is 0 Å². The fourth-order valence-electron chi connectivity index (χ4n) is 1.84. The Morgan fingerprint density at radius 2 is 1.94 bits per heavy atom. The molecule has 0 aliphatic carbocycles. The van der Waals surface area contributed by atoms with Crippen LogP contribution in [0.2, 0.25) is 0 Å². The number of aromatic nitrogens is 3. The van der Waals surface area contributed by atoms with Gasteiger partial charge < -0.3 is 5.11 Å². The van der Waals surface area contributed by atoms with E-state index < -0.39 is 5.97 Å². The number of carboxylic acid groups (broad SMARTS) is 1. The highest BCUT2D eigenvalue weighted by Crippen LogP contribution is 2.20. The molecule has 0 bridgehead atoms. The first-order chi connectivity index (χ1) is 8.75. The topological polar surface area (TPSA) is 67.5 Å². The van der Waals surface area contributed by atoms with Gasteiger partial charge in [-0.05, 0) is 12.1 Å². The Kier molecular flexibility index (Phi) is 2.30. The molecule has 0 aliphatic rings. The maximum Gasteiger partial charge on any atom is 0.335 e. The Morgan fingerprint density at radius 3 is 2.67 bits per heavy atom. The van der Waals surface area contributed by atoms with Crippen molar-refractivity contribution in [2.75, 3.05) is 0 Å². The van der Waals surface area contributed by atoms with E-state index in [1.54, 1.807) is 42.9 Å². The van der Waals surface area contributed by atoms with Crippen molar-refractivity contribution in [2.45, 2.75) is 0 Å². The lowest BCUT2D eigenvalue weighted by atomic mass is 10.1. The molecule has 1 aromatic carbocycles. The molecule has 0 saturated carbocycles. The van der Waals surface area contributed by atoms with Gasteiger partial charge >= 0.3 is 5.97 Å². The summed E-state index contributed by atoms with van der Waals surface area (Å²) < 4.78 is 1.91. The third kappa shape index (κ3) is 1.62. The molecule has 5 nitrogen and oxygen atoms in total. The molecule has 2 aromatic heterocycles. The van der Waals surface area contributed by atoms with Gasteiger partial charge in [-0.3, -0.25) is 9.38 Å². The third-order valence-electron chi connectivity index (χ3n) is 2.74. The number of imidazole rings is 1. The molecule has 1 N–H and O–H groups in total. The molecule has 18 heavy (non-hydrogen) atoms. The lowest BCUT2D eigenvalue weighted by Gasteiger charge is -2.02. The van der Waals surface area contributed by atoms with Crippen LogP contribution in [-0.4, -0.2) is 25.4 Å². The van der Waals surface area contributed by atoms with Crippen LogP contribution in [0, 0.1) is 0 Å². The molecule has 0 amide bonds. The molecular formula is C13H9N3O2. The van der Waals surface area contributed by atoms with E-state index in [-0.39, 0.29) is 5.56 Å². The second kappa shape index (κ2) is 3.96. The molecule has 2 heterocycles. The average molecular weight is 239 g/mol. The molecular weight excluding hydrogens is 230 g/mol. The Bertz CT molecular complexity index is 716. The van der Waals surface area contributed by atoms with Crippen molar-refractivity contribution >= 4 is 11.6 Å². The minimum absolute atomic E-state index is 0.272. The molecule has 0 fully saturated rings. The highest BCUT2D eigenvalue weighted by atomic mass is 16.4. The largest absolute Gasteiger partial charge is 0.478 e. The molecule has 0 aliphatic heterocycles. The SMILES string of the molecule is O=C(O)c1ccc(-c2cnc3cnccn23)cc1. The summed E-state index contributed by atoms with van der Waals surface area (Å²) in [7, 11) is 0. The van der Waals surface area contributed by atoms with Crippen molar-refractivity contribution < 1.29 is 9.90 Å². The van der Waals surface area contributed by atoms with Gasteiger partial charge in [0.05, 0.1) is 23.7 Å². The number of carboxylic acids is 1. The van der Waals surface area contributed by atoms with E-state index >= 15 is 0 Å². The summed E-state index contributed by atoms with van der Waals surface area (Å²) in [5.74, 6) is -0.927. The molecule has 3 aromatic rings. The first-order valence-electron chi connectivity index (χ1n) is 5.36. The molecule has 0 atom stereocenters. The number of nitrogens with zero attached hydrogens (tertiary/aromatic N) is 3. The number of hydrogen-bond donors (Lipinski definition) is 1. The molecule has 0 unspecified atom stereocenters. The molecule has 0 saturated heterocycles. The Balaban J connectivity index is 2.12. The van der Waals surface area contributed by atoms with E-state index in [0.717, 1.165) is 16.9 Å². The highest BCUT2D eigenvalue weighted by Gasteiger charge is 2.07. The van der Waals surface area contributed by atoms with Crippen LogP contribution >= 0.6 is 0 Å². The van der Waals surface area contributed by atoms with Gasteiger partial charge in [-0.25, -0.2) is 9.78 Å². The fourth-order valence-corrected chi connectivity index (χ4v) is 1.84. The Hall–Kier alpha value is -2.69. The summed E-state index contributed by atoms with van der Waals surface area (Å²) in [5, 5.41) is 8.85. The summed E-state index contributed by atoms with van der Waals surface area (Å²) in [4.78, 5) is 19.0. The summed E-state index contributed by atoms with van der Waals surface area (Å²) in [6, 6.07) is 6.71. The zero-order chi connectivity index (χ0) is 12.5. The van der Waals surface area contributed by atoms with E-state index in [0.29, 0.717) is 0 Å². The van der Waals surface area contributed by atoms with Crippen LogP contribution in [0.25, 0.3) is 16.9 Å². The first kappa shape index (κ1) is 10.5. The highest BCUT2D eigenvalue weighted by molar-refractivity contribution is 5.88. The second-order valence-electron chi connectivity index (χ2n) is 3.83. The Labute approximate surface area is 102 Å². The summed E-state index contributed by atoms with van der Waals surface area (Å²) >= 11 is 0. The fraction of sp³-hybridized carbons (Fsp3) is 0. The molecule has 0 radical (unpaired) electrons.